The molecule has 0 radical (unpaired) electrons. The van der Waals surface area contributed by atoms with Crippen molar-refractivity contribution in [1.29, 1.82) is 0 Å². The number of hydrogen-bond donors (Lipinski definition) is 2. The van der Waals surface area contributed by atoms with Crippen molar-refractivity contribution in [2.24, 2.45) is 0 Å². The third-order valence-corrected chi connectivity index (χ3v) is 6.25. The number of nitrogens with one attached hydrogen (secondary N) is 2. The zero-order chi connectivity index (χ0) is 23.5. The fraction of sp³-hybridized carbons (Fsp3) is 0.227. The fourth-order valence-corrected chi connectivity index (χ4v) is 4.82. The number of nitrogens with zero attached hydrogens (tertiary/aromatic N) is 2. The molecular weight excluding hydrogens is 496 g/mol. The lowest BCUT2D eigenvalue weighted by atomic mass is 10.1. The summed E-state index contributed by atoms with van der Waals surface area (Å²) < 4.78 is 34.3. The second kappa shape index (κ2) is 9.66. The van der Waals surface area contributed by atoms with Crippen LogP contribution in [0.5, 0.6) is 5.75 Å². The van der Waals surface area contributed by atoms with Gasteiger partial charge in [0.25, 0.3) is 15.9 Å². The number of carbonyl (C=O) groups excluding carboxylic acids is 1. The van der Waals surface area contributed by atoms with Gasteiger partial charge in [0.1, 0.15) is 17.4 Å². The van der Waals surface area contributed by atoms with Gasteiger partial charge in [0.15, 0.2) is 6.61 Å². The number of aromatic nitrogens is 2. The van der Waals surface area contributed by atoms with Crippen LogP contribution in [0.2, 0.25) is 0 Å². The highest BCUT2D eigenvalue weighted by Crippen LogP contribution is 2.27. The summed E-state index contributed by atoms with van der Waals surface area (Å²) in [6, 6.07) is 11.2. The third-order valence-electron chi connectivity index (χ3n) is 4.43. The van der Waals surface area contributed by atoms with Gasteiger partial charge >= 0.3 is 0 Å². The highest BCUT2D eigenvalue weighted by molar-refractivity contribution is 9.10. The molecule has 0 saturated heterocycles. The highest BCUT2D eigenvalue weighted by Gasteiger charge is 2.16. The first-order chi connectivity index (χ1) is 15.0. The molecule has 3 aromatic rings. The van der Waals surface area contributed by atoms with Gasteiger partial charge in [0.05, 0.1) is 4.90 Å². The lowest BCUT2D eigenvalue weighted by molar-refractivity contribution is -0.118. The number of rotatable bonds is 7. The minimum absolute atomic E-state index is 0.0433. The quantitative estimate of drug-likeness (QED) is 0.482. The summed E-state index contributed by atoms with van der Waals surface area (Å²) in [6.07, 6.45) is 0. The van der Waals surface area contributed by atoms with E-state index in [4.69, 9.17) is 4.74 Å². The number of halogens is 1. The number of hydrogen-bond acceptors (Lipinski definition) is 6. The summed E-state index contributed by atoms with van der Waals surface area (Å²) in [5.74, 6) is 0.970. The van der Waals surface area contributed by atoms with E-state index < -0.39 is 10.0 Å². The van der Waals surface area contributed by atoms with Gasteiger partial charge in [-0.2, -0.15) is 0 Å². The lowest BCUT2D eigenvalue weighted by Crippen LogP contribution is -2.21. The van der Waals surface area contributed by atoms with E-state index in [1.165, 1.54) is 24.3 Å². The molecule has 0 aliphatic heterocycles. The Hall–Kier alpha value is -2.98. The molecule has 1 heterocycles. The Labute approximate surface area is 195 Å². The molecule has 0 atom stereocenters. The molecule has 168 valence electrons. The number of benzene rings is 2. The van der Waals surface area contributed by atoms with Crippen LogP contribution in [0.4, 0.5) is 11.5 Å². The van der Waals surface area contributed by atoms with E-state index >= 15 is 0 Å². The number of sulfonamides is 1. The molecule has 8 nitrogen and oxygen atoms in total. The predicted octanol–water partition coefficient (Wildman–Crippen LogP) is 4.29. The van der Waals surface area contributed by atoms with Crippen LogP contribution < -0.4 is 14.8 Å². The van der Waals surface area contributed by atoms with Gasteiger partial charge in [0, 0.05) is 21.9 Å². The molecular formula is C22H23BrN4O4S. The van der Waals surface area contributed by atoms with Crippen molar-refractivity contribution in [3.05, 3.63) is 69.6 Å². The molecule has 2 aromatic carbocycles. The molecule has 2 N–H and O–H groups in total. The molecule has 0 unspecified atom stereocenters. The SMILES string of the molecule is Cc1cc(NS(=O)(=O)c2ccc(NC(=O)COc3c(C)cc(Br)cc3C)cc2)nc(C)n1. The van der Waals surface area contributed by atoms with E-state index in [0.717, 1.165) is 15.6 Å². The Morgan fingerprint density at radius 3 is 2.22 bits per heavy atom. The topological polar surface area (TPSA) is 110 Å². The maximum Gasteiger partial charge on any atom is 0.263 e. The van der Waals surface area contributed by atoms with Crippen molar-refractivity contribution in [2.45, 2.75) is 32.6 Å². The van der Waals surface area contributed by atoms with E-state index in [0.29, 0.717) is 23.0 Å². The maximum absolute atomic E-state index is 12.6. The van der Waals surface area contributed by atoms with E-state index in [1.807, 2.05) is 26.0 Å². The molecule has 0 fully saturated rings. The van der Waals surface area contributed by atoms with Gasteiger partial charge in [-0.05, 0) is 75.2 Å². The average molecular weight is 519 g/mol. The Morgan fingerprint density at radius 1 is 1.00 bits per heavy atom. The minimum atomic E-state index is -3.83. The van der Waals surface area contributed by atoms with Gasteiger partial charge in [-0.1, -0.05) is 15.9 Å². The summed E-state index contributed by atoms with van der Waals surface area (Å²) in [4.78, 5) is 20.5. The van der Waals surface area contributed by atoms with Crippen LogP contribution in [0.15, 0.2) is 51.8 Å². The smallest absolute Gasteiger partial charge is 0.263 e. The Morgan fingerprint density at radius 2 is 1.62 bits per heavy atom. The number of ether oxygens (including phenoxy) is 1. The van der Waals surface area contributed by atoms with Crippen molar-refractivity contribution >= 4 is 43.4 Å². The van der Waals surface area contributed by atoms with Gasteiger partial charge < -0.3 is 10.1 Å². The first-order valence-corrected chi connectivity index (χ1v) is 12.0. The molecule has 0 aliphatic rings. The highest BCUT2D eigenvalue weighted by atomic mass is 79.9. The van der Waals surface area contributed by atoms with Crippen LogP contribution >= 0.6 is 15.9 Å². The summed E-state index contributed by atoms with van der Waals surface area (Å²) in [5.41, 5.74) is 2.95. The molecule has 0 aliphatic carbocycles. The average Bonchev–Trinajstić information content (AvgIpc) is 2.66. The fourth-order valence-electron chi connectivity index (χ4n) is 3.14. The maximum atomic E-state index is 12.6. The summed E-state index contributed by atoms with van der Waals surface area (Å²) >= 11 is 3.43. The van der Waals surface area contributed by atoms with Gasteiger partial charge in [-0.15, -0.1) is 0 Å². The number of aryl methyl sites for hydroxylation is 4. The summed E-state index contributed by atoms with van der Waals surface area (Å²) in [5, 5.41) is 2.70. The van der Waals surface area contributed by atoms with Crippen LogP contribution in [-0.4, -0.2) is 30.9 Å². The molecule has 1 aromatic heterocycles. The molecule has 3 rings (SSSR count). The van der Waals surface area contributed by atoms with Crippen LogP contribution in [0, 0.1) is 27.7 Å². The molecule has 0 spiro atoms. The molecule has 10 heteroatoms. The first-order valence-electron chi connectivity index (χ1n) is 9.68. The Balaban J connectivity index is 1.63. The first kappa shape index (κ1) is 23.7. The van der Waals surface area contributed by atoms with Crippen LogP contribution in [0.1, 0.15) is 22.6 Å². The molecule has 0 saturated carbocycles. The van der Waals surface area contributed by atoms with Crippen LogP contribution in [-0.2, 0) is 14.8 Å². The standard InChI is InChI=1S/C22H23BrN4O4S/c1-13-9-17(23)10-14(2)22(13)31-12-21(28)26-18-5-7-19(8-6-18)32(29,30)27-20-11-15(3)24-16(4)25-20/h5-11H,12H2,1-4H3,(H,26,28)(H,24,25,27). The van der Waals surface area contributed by atoms with Crippen LogP contribution in [0.25, 0.3) is 0 Å². The Kier molecular flexibility index (Phi) is 7.15. The van der Waals surface area contributed by atoms with Gasteiger partial charge in [-0.3, -0.25) is 9.52 Å². The van der Waals surface area contributed by atoms with E-state index in [9.17, 15) is 13.2 Å². The number of anilines is 2. The van der Waals surface area contributed by atoms with Crippen molar-refractivity contribution in [3.8, 4) is 5.75 Å². The van der Waals surface area contributed by atoms with E-state index in [1.54, 1.807) is 19.9 Å². The lowest BCUT2D eigenvalue weighted by Gasteiger charge is -2.13. The van der Waals surface area contributed by atoms with E-state index in [-0.39, 0.29) is 23.2 Å². The zero-order valence-corrected chi connectivity index (χ0v) is 20.5. The minimum Gasteiger partial charge on any atom is -0.483 e. The normalized spacial score (nSPS) is 11.2. The van der Waals surface area contributed by atoms with Gasteiger partial charge in [-0.25, -0.2) is 18.4 Å². The van der Waals surface area contributed by atoms with Gasteiger partial charge in [0.2, 0.25) is 0 Å². The van der Waals surface area contributed by atoms with Crippen molar-refractivity contribution < 1.29 is 17.9 Å². The van der Waals surface area contributed by atoms with Crippen molar-refractivity contribution in [1.82, 2.24) is 9.97 Å². The summed E-state index contributed by atoms with van der Waals surface area (Å²) in [7, 11) is -3.83. The number of amides is 1. The Bertz CT molecular complexity index is 1220. The van der Waals surface area contributed by atoms with E-state index in [2.05, 4.69) is 35.9 Å². The zero-order valence-electron chi connectivity index (χ0n) is 18.1. The molecule has 1 amide bonds. The number of carbonyl (C=O) groups is 1. The van der Waals surface area contributed by atoms with Crippen molar-refractivity contribution in [2.75, 3.05) is 16.6 Å². The second-order valence-electron chi connectivity index (χ2n) is 7.28. The largest absolute Gasteiger partial charge is 0.483 e. The second-order valence-corrected chi connectivity index (χ2v) is 9.88. The molecule has 0 bridgehead atoms. The van der Waals surface area contributed by atoms with Crippen LogP contribution in [0.3, 0.4) is 0 Å². The monoisotopic (exact) mass is 518 g/mol. The third kappa shape index (κ3) is 6.04. The molecule has 32 heavy (non-hydrogen) atoms. The predicted molar refractivity (Wildman–Crippen MR) is 126 cm³/mol. The summed E-state index contributed by atoms with van der Waals surface area (Å²) in [6.45, 7) is 7.08. The van der Waals surface area contributed by atoms with Crippen molar-refractivity contribution in [3.63, 3.8) is 0 Å².